The Morgan fingerprint density at radius 2 is 1.75 bits per heavy atom. The van der Waals surface area contributed by atoms with Crippen molar-refractivity contribution in [1.29, 1.82) is 0 Å². The van der Waals surface area contributed by atoms with Gasteiger partial charge in [-0.25, -0.2) is 0 Å². The molecule has 2 atom stereocenters. The van der Waals surface area contributed by atoms with Crippen LogP contribution in [0.5, 0.6) is 23.0 Å². The summed E-state index contributed by atoms with van der Waals surface area (Å²) in [5, 5.41) is 29.7. The normalized spacial score (nSPS) is 17.5. The van der Waals surface area contributed by atoms with Crippen molar-refractivity contribution in [2.24, 2.45) is 0 Å². The molecule has 1 heterocycles. The van der Waals surface area contributed by atoms with E-state index in [2.05, 4.69) is 4.74 Å². The summed E-state index contributed by atoms with van der Waals surface area (Å²) < 4.78 is 15.3. The van der Waals surface area contributed by atoms with Gasteiger partial charge in [0.2, 0.25) is 0 Å². The van der Waals surface area contributed by atoms with E-state index in [0.29, 0.717) is 23.1 Å². The van der Waals surface area contributed by atoms with Crippen molar-refractivity contribution in [1.82, 2.24) is 0 Å². The van der Waals surface area contributed by atoms with Crippen LogP contribution in [0, 0.1) is 0 Å². The fraction of sp³-hybridized carbons (Fsp3) is 0.300. The second kappa shape index (κ2) is 7.67. The van der Waals surface area contributed by atoms with Gasteiger partial charge in [-0.15, -0.1) is 0 Å². The quantitative estimate of drug-likeness (QED) is 0.527. The minimum atomic E-state index is -0.895. The number of phenols is 3. The minimum absolute atomic E-state index is 0.119. The third-order valence-electron chi connectivity index (χ3n) is 4.67. The second-order valence-corrected chi connectivity index (χ2v) is 6.40. The number of rotatable bonds is 5. The van der Waals surface area contributed by atoms with Crippen molar-refractivity contribution >= 4 is 11.9 Å². The van der Waals surface area contributed by atoms with Crippen molar-refractivity contribution in [3.8, 4) is 23.0 Å². The number of carbonyl (C=O) groups is 2. The highest BCUT2D eigenvalue weighted by Gasteiger charge is 2.43. The Labute approximate surface area is 160 Å². The van der Waals surface area contributed by atoms with Crippen LogP contribution in [0.2, 0.25) is 0 Å². The van der Waals surface area contributed by atoms with E-state index in [1.165, 1.54) is 38.5 Å². The molecule has 0 amide bonds. The van der Waals surface area contributed by atoms with Gasteiger partial charge in [0.1, 0.15) is 12.0 Å². The number of hydrogen-bond donors (Lipinski definition) is 3. The van der Waals surface area contributed by atoms with E-state index in [4.69, 9.17) is 9.47 Å². The molecule has 3 rings (SSSR count). The Hall–Kier alpha value is -3.42. The van der Waals surface area contributed by atoms with Gasteiger partial charge in [0, 0.05) is 12.0 Å². The van der Waals surface area contributed by atoms with Crippen LogP contribution in [-0.2, 0) is 25.5 Å². The topological polar surface area (TPSA) is 123 Å². The molecule has 1 aliphatic rings. The van der Waals surface area contributed by atoms with Crippen molar-refractivity contribution in [2.45, 2.75) is 24.9 Å². The number of hydrogen-bond acceptors (Lipinski definition) is 8. The minimum Gasteiger partial charge on any atom is -0.504 e. The molecule has 3 N–H and O–H groups in total. The number of benzene rings is 2. The van der Waals surface area contributed by atoms with Crippen LogP contribution in [-0.4, -0.2) is 41.5 Å². The van der Waals surface area contributed by atoms with Crippen molar-refractivity contribution in [3.05, 3.63) is 47.0 Å². The van der Waals surface area contributed by atoms with Gasteiger partial charge in [0.25, 0.3) is 0 Å². The van der Waals surface area contributed by atoms with Gasteiger partial charge in [0.15, 0.2) is 23.0 Å². The zero-order chi connectivity index (χ0) is 20.4. The van der Waals surface area contributed by atoms with E-state index >= 15 is 0 Å². The fourth-order valence-electron chi connectivity index (χ4n) is 3.26. The number of aryl methyl sites for hydroxylation is 1. The van der Waals surface area contributed by atoms with E-state index < -0.39 is 24.0 Å². The number of phenolic OH excluding ortho intramolecular Hbond substituents is 3. The first-order valence-electron chi connectivity index (χ1n) is 8.54. The summed E-state index contributed by atoms with van der Waals surface area (Å²) in [6.45, 7) is 0. The summed E-state index contributed by atoms with van der Waals surface area (Å²) in [4.78, 5) is 23.9. The summed E-state index contributed by atoms with van der Waals surface area (Å²) in [6.07, 6.45) is -0.435. The molecule has 2 aromatic rings. The average molecular weight is 388 g/mol. The monoisotopic (exact) mass is 388 g/mol. The highest BCUT2D eigenvalue weighted by atomic mass is 16.5. The number of methoxy groups -OCH3 is 2. The van der Waals surface area contributed by atoms with Crippen molar-refractivity contribution in [3.63, 3.8) is 0 Å². The lowest BCUT2D eigenvalue weighted by Crippen LogP contribution is -2.20. The average Bonchev–Trinajstić information content (AvgIpc) is 3.07. The summed E-state index contributed by atoms with van der Waals surface area (Å²) in [7, 11) is 2.54. The van der Waals surface area contributed by atoms with Gasteiger partial charge < -0.3 is 29.5 Å². The van der Waals surface area contributed by atoms with Crippen molar-refractivity contribution < 1.29 is 39.1 Å². The van der Waals surface area contributed by atoms with E-state index in [0.717, 1.165) is 0 Å². The molecular weight excluding hydrogens is 368 g/mol. The predicted molar refractivity (Wildman–Crippen MR) is 96.3 cm³/mol. The van der Waals surface area contributed by atoms with Crippen LogP contribution in [0.15, 0.2) is 30.3 Å². The smallest absolute Gasteiger partial charge is 0.317 e. The molecule has 0 bridgehead atoms. The van der Waals surface area contributed by atoms with Crippen LogP contribution in [0.25, 0.3) is 0 Å². The second-order valence-electron chi connectivity index (χ2n) is 6.40. The zero-order valence-electron chi connectivity index (χ0n) is 15.3. The third-order valence-corrected chi connectivity index (χ3v) is 4.67. The molecule has 28 heavy (non-hydrogen) atoms. The molecule has 0 radical (unpaired) electrons. The number of carbonyl (C=O) groups excluding carboxylic acids is 2. The Kier molecular flexibility index (Phi) is 5.30. The standard InChI is InChI=1S/C20H20O8/c1-26-16(24)6-3-10-7-12-17(20(25)27-2)18(28-19(12)15(23)8-10)11-4-5-13(21)14(22)9-11/h4-5,7-9,17-18,21-23H,3,6H2,1-2H3/t17-,18+/m1/s1. The zero-order valence-corrected chi connectivity index (χ0v) is 15.3. The summed E-state index contributed by atoms with van der Waals surface area (Å²) >= 11 is 0. The lowest BCUT2D eigenvalue weighted by Gasteiger charge is -2.18. The Balaban J connectivity index is 2.01. The first-order chi connectivity index (χ1) is 13.3. The fourth-order valence-corrected chi connectivity index (χ4v) is 3.26. The van der Waals surface area contributed by atoms with Gasteiger partial charge in [0.05, 0.1) is 14.2 Å². The molecule has 148 valence electrons. The van der Waals surface area contributed by atoms with Gasteiger partial charge in [-0.3, -0.25) is 9.59 Å². The number of aromatic hydroxyl groups is 3. The first-order valence-corrected chi connectivity index (χ1v) is 8.54. The van der Waals surface area contributed by atoms with E-state index in [9.17, 15) is 24.9 Å². The lowest BCUT2D eigenvalue weighted by atomic mass is 9.89. The Bertz CT molecular complexity index is 921. The number of esters is 2. The third kappa shape index (κ3) is 3.53. The highest BCUT2D eigenvalue weighted by molar-refractivity contribution is 5.82. The van der Waals surface area contributed by atoms with Gasteiger partial charge in [-0.1, -0.05) is 12.1 Å². The van der Waals surface area contributed by atoms with Crippen molar-refractivity contribution in [2.75, 3.05) is 14.2 Å². The Morgan fingerprint density at radius 3 is 2.39 bits per heavy atom. The first kappa shape index (κ1) is 19.3. The summed E-state index contributed by atoms with van der Waals surface area (Å²) in [5.41, 5.74) is 1.48. The highest BCUT2D eigenvalue weighted by Crippen LogP contribution is 2.51. The number of ether oxygens (including phenoxy) is 3. The Morgan fingerprint density at radius 1 is 1.00 bits per heavy atom. The number of fused-ring (bicyclic) bond motifs is 1. The molecule has 8 heteroatoms. The molecule has 0 unspecified atom stereocenters. The van der Waals surface area contributed by atoms with Gasteiger partial charge >= 0.3 is 11.9 Å². The van der Waals surface area contributed by atoms with Crippen LogP contribution < -0.4 is 4.74 Å². The molecule has 0 saturated heterocycles. The van der Waals surface area contributed by atoms with Gasteiger partial charge in [-0.05, 0) is 35.7 Å². The molecule has 0 spiro atoms. The SMILES string of the molecule is COC(=O)CCc1cc(O)c2c(c1)[C@@H](C(=O)OC)[C@H](c1ccc(O)c(O)c1)O2. The molecule has 0 aliphatic carbocycles. The molecule has 2 aromatic carbocycles. The van der Waals surface area contributed by atoms with Gasteiger partial charge in [-0.2, -0.15) is 0 Å². The summed E-state index contributed by atoms with van der Waals surface area (Å²) in [5.74, 6) is -2.57. The maximum absolute atomic E-state index is 12.5. The molecule has 0 aromatic heterocycles. The van der Waals surface area contributed by atoms with Crippen LogP contribution in [0.4, 0.5) is 0 Å². The predicted octanol–water partition coefficient (Wildman–Crippen LogP) is 2.30. The molecular formula is C20H20O8. The largest absolute Gasteiger partial charge is 0.504 e. The maximum atomic E-state index is 12.5. The van der Waals surface area contributed by atoms with Crippen LogP contribution in [0.3, 0.4) is 0 Å². The van der Waals surface area contributed by atoms with Crippen LogP contribution in [0.1, 0.15) is 35.1 Å². The molecule has 1 aliphatic heterocycles. The van der Waals surface area contributed by atoms with E-state index in [1.54, 1.807) is 6.07 Å². The molecule has 8 nitrogen and oxygen atoms in total. The van der Waals surface area contributed by atoms with Crippen LogP contribution >= 0.6 is 0 Å². The van der Waals surface area contributed by atoms with E-state index in [-0.39, 0.29) is 29.4 Å². The lowest BCUT2D eigenvalue weighted by molar-refractivity contribution is -0.144. The van der Waals surface area contributed by atoms with E-state index in [1.807, 2.05) is 0 Å². The maximum Gasteiger partial charge on any atom is 0.317 e. The molecule has 0 saturated carbocycles. The summed E-state index contributed by atoms with van der Waals surface area (Å²) in [6, 6.07) is 7.23. The molecule has 0 fully saturated rings.